The monoisotopic (exact) mass is 988 g/mol. The zero-order valence-electron chi connectivity index (χ0n) is 47.5. The van der Waals surface area contributed by atoms with E-state index in [9.17, 15) is 19.8 Å². The molecular weight excluding hydrogens is 863 g/mol. The van der Waals surface area contributed by atoms with Gasteiger partial charge >= 0.3 is 5.97 Å². The molecule has 416 valence electrons. The molecular formula is C64H125NO5. The van der Waals surface area contributed by atoms with E-state index in [-0.39, 0.29) is 18.5 Å². The highest BCUT2D eigenvalue weighted by atomic mass is 16.5. The number of aliphatic hydroxyl groups excluding tert-OH is 2. The fourth-order valence-corrected chi connectivity index (χ4v) is 10.2. The van der Waals surface area contributed by atoms with Gasteiger partial charge in [-0.1, -0.05) is 309 Å². The van der Waals surface area contributed by atoms with Crippen molar-refractivity contribution in [1.29, 1.82) is 0 Å². The second kappa shape index (κ2) is 60.2. The van der Waals surface area contributed by atoms with E-state index in [2.05, 4.69) is 31.3 Å². The van der Waals surface area contributed by atoms with Gasteiger partial charge in [-0.25, -0.2) is 0 Å². The van der Waals surface area contributed by atoms with Crippen LogP contribution in [0.1, 0.15) is 361 Å². The van der Waals surface area contributed by atoms with Crippen molar-refractivity contribution in [3.05, 3.63) is 12.2 Å². The zero-order chi connectivity index (χ0) is 50.7. The zero-order valence-corrected chi connectivity index (χ0v) is 47.5. The summed E-state index contributed by atoms with van der Waals surface area (Å²) in [5.74, 6) is -0.0143. The highest BCUT2D eigenvalue weighted by molar-refractivity contribution is 5.76. The molecule has 0 fully saturated rings. The van der Waals surface area contributed by atoms with E-state index in [4.69, 9.17) is 4.74 Å². The van der Waals surface area contributed by atoms with Gasteiger partial charge in [0.15, 0.2) is 0 Å². The van der Waals surface area contributed by atoms with Gasteiger partial charge in [-0.2, -0.15) is 0 Å². The summed E-state index contributed by atoms with van der Waals surface area (Å²) in [6.07, 6.45) is 72.5. The Hall–Kier alpha value is -1.40. The molecule has 6 nitrogen and oxygen atoms in total. The number of rotatable bonds is 60. The molecule has 2 unspecified atom stereocenters. The Morgan fingerprint density at radius 3 is 1.01 bits per heavy atom. The number of amides is 1. The second-order valence-electron chi connectivity index (χ2n) is 22.1. The quantitative estimate of drug-likeness (QED) is 0.0321. The third kappa shape index (κ3) is 55.9. The van der Waals surface area contributed by atoms with E-state index in [0.29, 0.717) is 25.9 Å². The maximum absolute atomic E-state index is 12.4. The lowest BCUT2D eigenvalue weighted by atomic mass is 10.0. The number of esters is 1. The lowest BCUT2D eigenvalue weighted by Crippen LogP contribution is -2.45. The fraction of sp³-hybridized carbons (Fsp3) is 0.938. The summed E-state index contributed by atoms with van der Waals surface area (Å²) >= 11 is 0. The van der Waals surface area contributed by atoms with Crippen LogP contribution in [-0.4, -0.2) is 47.4 Å². The molecule has 0 bridgehead atoms. The average molecular weight is 989 g/mol. The summed E-state index contributed by atoms with van der Waals surface area (Å²) in [5, 5.41) is 23.2. The van der Waals surface area contributed by atoms with Crippen molar-refractivity contribution < 1.29 is 24.5 Å². The fourth-order valence-electron chi connectivity index (χ4n) is 10.2. The summed E-state index contributed by atoms with van der Waals surface area (Å²) in [5.41, 5.74) is 0. The largest absolute Gasteiger partial charge is 0.466 e. The Bertz CT molecular complexity index is 1050. The molecule has 0 spiro atoms. The van der Waals surface area contributed by atoms with Crippen molar-refractivity contribution in [2.45, 2.75) is 373 Å². The molecule has 0 rings (SSSR count). The van der Waals surface area contributed by atoms with E-state index in [1.54, 1.807) is 0 Å². The van der Waals surface area contributed by atoms with Crippen molar-refractivity contribution in [1.82, 2.24) is 5.32 Å². The van der Waals surface area contributed by atoms with Crippen LogP contribution in [0.4, 0.5) is 0 Å². The first-order chi connectivity index (χ1) is 34.5. The van der Waals surface area contributed by atoms with Gasteiger partial charge in [-0.3, -0.25) is 9.59 Å². The molecule has 0 heterocycles. The Morgan fingerprint density at radius 2 is 0.671 bits per heavy atom. The average Bonchev–Trinajstić information content (AvgIpc) is 3.36. The van der Waals surface area contributed by atoms with Crippen molar-refractivity contribution in [2.24, 2.45) is 0 Å². The van der Waals surface area contributed by atoms with Crippen LogP contribution in [0.2, 0.25) is 0 Å². The van der Waals surface area contributed by atoms with Crippen LogP contribution in [0.15, 0.2) is 12.2 Å². The summed E-state index contributed by atoms with van der Waals surface area (Å²) in [6, 6.07) is -0.537. The third-order valence-corrected chi connectivity index (χ3v) is 15.1. The van der Waals surface area contributed by atoms with E-state index in [1.165, 1.54) is 289 Å². The number of hydrogen-bond acceptors (Lipinski definition) is 5. The number of hydrogen-bond donors (Lipinski definition) is 3. The molecule has 1 amide bonds. The molecule has 0 aliphatic rings. The molecule has 2 atom stereocenters. The predicted molar refractivity (Wildman–Crippen MR) is 306 cm³/mol. The van der Waals surface area contributed by atoms with Crippen LogP contribution in [0.5, 0.6) is 0 Å². The predicted octanol–water partition coefficient (Wildman–Crippen LogP) is 20.0. The van der Waals surface area contributed by atoms with Gasteiger partial charge < -0.3 is 20.3 Å². The standard InChI is InChI=1S/C64H125NO5/c1-3-5-7-9-11-13-15-34-38-42-46-50-54-58-64(69)70-59-55-51-47-43-39-36-33-31-29-27-25-23-21-19-17-16-18-20-22-24-26-28-30-32-35-37-41-45-49-53-57-63(68)65-61(60-66)62(67)56-52-48-44-40-14-12-10-8-6-4-2/h17,19,61-62,66-67H,3-16,18,20-60H2,1-2H3,(H,65,68)/b19-17-. The van der Waals surface area contributed by atoms with E-state index < -0.39 is 12.1 Å². The Balaban J connectivity index is 3.33. The van der Waals surface area contributed by atoms with Crippen LogP contribution >= 0.6 is 0 Å². The molecule has 0 radical (unpaired) electrons. The first-order valence-electron chi connectivity index (χ1n) is 31.9. The molecule has 0 aliphatic heterocycles. The Labute approximate surface area is 438 Å². The molecule has 70 heavy (non-hydrogen) atoms. The number of aliphatic hydroxyl groups is 2. The highest BCUT2D eigenvalue weighted by Crippen LogP contribution is 2.18. The molecule has 0 aromatic heterocycles. The summed E-state index contributed by atoms with van der Waals surface area (Å²) in [4.78, 5) is 24.5. The van der Waals surface area contributed by atoms with E-state index in [1.807, 2.05) is 0 Å². The smallest absolute Gasteiger partial charge is 0.305 e. The van der Waals surface area contributed by atoms with Crippen LogP contribution in [0.25, 0.3) is 0 Å². The number of nitrogens with one attached hydrogen (secondary N) is 1. The number of unbranched alkanes of at least 4 members (excludes halogenated alkanes) is 47. The first-order valence-corrected chi connectivity index (χ1v) is 31.9. The molecule has 0 saturated heterocycles. The summed E-state index contributed by atoms with van der Waals surface area (Å²) < 4.78 is 5.48. The van der Waals surface area contributed by atoms with Crippen molar-refractivity contribution in [3.8, 4) is 0 Å². The van der Waals surface area contributed by atoms with Gasteiger partial charge in [0.2, 0.25) is 5.91 Å². The van der Waals surface area contributed by atoms with E-state index >= 15 is 0 Å². The summed E-state index contributed by atoms with van der Waals surface area (Å²) in [7, 11) is 0. The third-order valence-electron chi connectivity index (χ3n) is 15.1. The van der Waals surface area contributed by atoms with Crippen molar-refractivity contribution in [2.75, 3.05) is 13.2 Å². The normalized spacial score (nSPS) is 12.6. The number of allylic oxidation sites excluding steroid dienone is 2. The molecule has 0 aromatic rings. The van der Waals surface area contributed by atoms with Crippen molar-refractivity contribution >= 4 is 11.9 Å². The lowest BCUT2D eigenvalue weighted by molar-refractivity contribution is -0.143. The van der Waals surface area contributed by atoms with Gasteiger partial charge in [0.05, 0.1) is 25.4 Å². The minimum absolute atomic E-state index is 0.0191. The maximum atomic E-state index is 12.4. The number of ether oxygens (including phenoxy) is 1. The lowest BCUT2D eigenvalue weighted by Gasteiger charge is -2.22. The summed E-state index contributed by atoms with van der Waals surface area (Å²) in [6.45, 7) is 4.96. The maximum Gasteiger partial charge on any atom is 0.305 e. The van der Waals surface area contributed by atoms with Gasteiger partial charge in [0, 0.05) is 12.8 Å². The molecule has 0 saturated carbocycles. The van der Waals surface area contributed by atoms with E-state index in [0.717, 1.165) is 38.5 Å². The van der Waals surface area contributed by atoms with Crippen LogP contribution in [-0.2, 0) is 14.3 Å². The number of carbonyl (C=O) groups is 2. The SMILES string of the molecule is CCCCCCCCCCCCCCCC(=O)OCCCCCCCCCCCCCC/C=C\CCCCCCCCCCCCCCCCC(=O)NC(CO)C(O)CCCCCCCCCCCC. The van der Waals surface area contributed by atoms with Crippen molar-refractivity contribution in [3.63, 3.8) is 0 Å². The number of carbonyl (C=O) groups excluding carboxylic acids is 2. The van der Waals surface area contributed by atoms with Gasteiger partial charge in [-0.05, 0) is 51.4 Å². The topological polar surface area (TPSA) is 95.9 Å². The minimum Gasteiger partial charge on any atom is -0.466 e. The molecule has 0 aromatic carbocycles. The minimum atomic E-state index is -0.660. The molecule has 3 N–H and O–H groups in total. The van der Waals surface area contributed by atoms with Crippen LogP contribution < -0.4 is 5.32 Å². The first kappa shape index (κ1) is 68.6. The Kier molecular flexibility index (Phi) is 59.0. The van der Waals surface area contributed by atoms with Crippen LogP contribution in [0, 0.1) is 0 Å². The molecule has 6 heteroatoms. The van der Waals surface area contributed by atoms with Gasteiger partial charge in [-0.15, -0.1) is 0 Å². The molecule has 0 aliphatic carbocycles. The van der Waals surface area contributed by atoms with Crippen LogP contribution in [0.3, 0.4) is 0 Å². The second-order valence-corrected chi connectivity index (χ2v) is 22.1. The highest BCUT2D eigenvalue weighted by Gasteiger charge is 2.20. The van der Waals surface area contributed by atoms with Gasteiger partial charge in [0.25, 0.3) is 0 Å². The Morgan fingerprint density at radius 1 is 0.386 bits per heavy atom. The van der Waals surface area contributed by atoms with Gasteiger partial charge in [0.1, 0.15) is 0 Å².